The second-order valence-electron chi connectivity index (χ2n) is 8.65. The number of nitrogens with zero attached hydrogens (tertiary/aromatic N) is 4. The van der Waals surface area contributed by atoms with Gasteiger partial charge in [-0.15, -0.1) is 0 Å². The molecule has 0 saturated carbocycles. The van der Waals surface area contributed by atoms with E-state index in [4.69, 9.17) is 19.2 Å². The Morgan fingerprint density at radius 2 is 1.97 bits per heavy atom. The van der Waals surface area contributed by atoms with Crippen LogP contribution in [0, 0.1) is 11.3 Å². The second-order valence-corrected chi connectivity index (χ2v) is 8.65. The molecule has 0 saturated heterocycles. The van der Waals surface area contributed by atoms with Crippen LogP contribution in [0.2, 0.25) is 0 Å². The highest BCUT2D eigenvalue weighted by molar-refractivity contribution is 6.11. The number of hydrogen-bond donors (Lipinski definition) is 0. The van der Waals surface area contributed by atoms with Crippen LogP contribution in [0.5, 0.6) is 11.5 Å². The Hall–Kier alpha value is -4.25. The van der Waals surface area contributed by atoms with E-state index < -0.39 is 5.41 Å². The molecule has 162 valence electrons. The molecule has 1 spiro atoms. The van der Waals surface area contributed by atoms with E-state index in [-0.39, 0.29) is 31.0 Å². The fraction of sp³-hybridized carbons (Fsp3) is 0.240. The Bertz CT molecular complexity index is 1400. The third-order valence-corrected chi connectivity index (χ3v) is 7.04. The molecule has 2 unspecified atom stereocenters. The van der Waals surface area contributed by atoms with Crippen molar-refractivity contribution in [3.63, 3.8) is 0 Å². The van der Waals surface area contributed by atoms with Crippen molar-refractivity contribution in [1.82, 2.24) is 4.90 Å². The van der Waals surface area contributed by atoms with Gasteiger partial charge in [-0.3, -0.25) is 9.79 Å². The van der Waals surface area contributed by atoms with Gasteiger partial charge in [-0.05, 0) is 47.0 Å². The smallest absolute Gasteiger partial charge is 0.244 e. The van der Waals surface area contributed by atoms with Gasteiger partial charge in [0.15, 0.2) is 11.5 Å². The topological polar surface area (TPSA) is 91.3 Å². The maximum Gasteiger partial charge on any atom is 0.244 e. The average molecular weight is 438 g/mol. The summed E-state index contributed by atoms with van der Waals surface area (Å²) in [5.74, 6) is 2.12. The number of fused-ring (bicyclic) bond motifs is 7. The van der Waals surface area contributed by atoms with Crippen LogP contribution in [0.1, 0.15) is 34.3 Å². The highest BCUT2D eigenvalue weighted by Crippen LogP contribution is 2.55. The van der Waals surface area contributed by atoms with Crippen LogP contribution in [0.25, 0.3) is 0 Å². The maximum atomic E-state index is 14.3. The van der Waals surface area contributed by atoms with Gasteiger partial charge in [-0.25, -0.2) is 0 Å². The average Bonchev–Trinajstić information content (AvgIpc) is 3.62. The Morgan fingerprint density at radius 1 is 1.12 bits per heavy atom. The van der Waals surface area contributed by atoms with Gasteiger partial charge in [0, 0.05) is 12.2 Å². The van der Waals surface area contributed by atoms with E-state index in [1.807, 2.05) is 48.8 Å². The third-order valence-electron chi connectivity index (χ3n) is 7.04. The Morgan fingerprint density at radius 3 is 2.82 bits per heavy atom. The van der Waals surface area contributed by atoms with Crippen molar-refractivity contribution in [2.75, 3.05) is 24.8 Å². The molecule has 0 bridgehead atoms. The highest BCUT2D eigenvalue weighted by Gasteiger charge is 2.57. The Kier molecular flexibility index (Phi) is 3.55. The molecule has 8 nitrogen and oxygen atoms in total. The van der Waals surface area contributed by atoms with E-state index >= 15 is 0 Å². The lowest BCUT2D eigenvalue weighted by atomic mass is 9.69. The number of rotatable bonds is 2. The number of ether oxygens (including phenoxy) is 2. The third kappa shape index (κ3) is 2.34. The van der Waals surface area contributed by atoms with Crippen LogP contribution in [0.3, 0.4) is 0 Å². The standard InChI is InChI=1S/C25H18N4O4/c26-9-15-5-6-16(33-15)11-29-20-4-2-1-3-18(20)25(24(29)30)12-28-13-27-10-21(28)17-7-22-23(8-19(17)25)32-14-31-22/h1-8,13,21H,10-12,14H2. The first-order valence-corrected chi connectivity index (χ1v) is 10.8. The molecule has 3 aromatic rings. The summed E-state index contributed by atoms with van der Waals surface area (Å²) in [6.45, 7) is 1.55. The molecule has 1 amide bonds. The first-order chi connectivity index (χ1) is 16.2. The number of hydrogen-bond acceptors (Lipinski definition) is 7. The summed E-state index contributed by atoms with van der Waals surface area (Å²) in [5.41, 5.74) is 2.86. The molecule has 0 N–H and O–H groups in total. The highest BCUT2D eigenvalue weighted by atomic mass is 16.7. The minimum atomic E-state index is -0.912. The number of aliphatic imine (C=N–C) groups is 1. The zero-order valence-corrected chi connectivity index (χ0v) is 17.5. The van der Waals surface area contributed by atoms with Crippen molar-refractivity contribution in [3.05, 3.63) is 76.7 Å². The van der Waals surface area contributed by atoms with E-state index in [1.54, 1.807) is 17.0 Å². The number of anilines is 1. The molecule has 4 aliphatic heterocycles. The number of furan rings is 1. The van der Waals surface area contributed by atoms with Gasteiger partial charge in [0.2, 0.25) is 18.5 Å². The number of carbonyl (C=O) groups is 1. The molecule has 2 aromatic carbocycles. The summed E-state index contributed by atoms with van der Waals surface area (Å²) in [6, 6.07) is 17.3. The van der Waals surface area contributed by atoms with Crippen LogP contribution >= 0.6 is 0 Å². The lowest BCUT2D eigenvalue weighted by Crippen LogP contribution is -2.52. The van der Waals surface area contributed by atoms with Crippen LogP contribution in [0.4, 0.5) is 5.69 Å². The van der Waals surface area contributed by atoms with Crippen molar-refractivity contribution in [1.29, 1.82) is 5.26 Å². The summed E-state index contributed by atoms with van der Waals surface area (Å²) < 4.78 is 17.0. The summed E-state index contributed by atoms with van der Waals surface area (Å²) >= 11 is 0. The van der Waals surface area contributed by atoms with Crippen molar-refractivity contribution < 1.29 is 18.7 Å². The zero-order chi connectivity index (χ0) is 22.2. The van der Waals surface area contributed by atoms with E-state index in [9.17, 15) is 4.79 Å². The minimum absolute atomic E-state index is 0.0301. The minimum Gasteiger partial charge on any atom is -0.454 e. The van der Waals surface area contributed by atoms with Crippen molar-refractivity contribution in [2.24, 2.45) is 4.99 Å². The number of benzene rings is 2. The van der Waals surface area contributed by atoms with Crippen molar-refractivity contribution in [3.8, 4) is 17.6 Å². The molecule has 7 rings (SSSR count). The van der Waals surface area contributed by atoms with Crippen LogP contribution in [-0.4, -0.2) is 37.0 Å². The van der Waals surface area contributed by atoms with Crippen molar-refractivity contribution >= 4 is 17.9 Å². The van der Waals surface area contributed by atoms with Gasteiger partial charge in [-0.1, -0.05) is 18.2 Å². The molecule has 8 heteroatoms. The molecule has 1 aromatic heterocycles. The van der Waals surface area contributed by atoms with Crippen LogP contribution < -0.4 is 14.4 Å². The van der Waals surface area contributed by atoms with E-state index in [1.165, 1.54) is 0 Å². The zero-order valence-electron chi connectivity index (χ0n) is 17.5. The second kappa shape index (κ2) is 6.39. The van der Waals surface area contributed by atoms with E-state index in [0.29, 0.717) is 30.3 Å². The Balaban J connectivity index is 1.43. The number of nitriles is 1. The van der Waals surface area contributed by atoms with Gasteiger partial charge in [0.1, 0.15) is 17.2 Å². The predicted octanol–water partition coefficient (Wildman–Crippen LogP) is 3.11. The van der Waals surface area contributed by atoms with Gasteiger partial charge >= 0.3 is 0 Å². The summed E-state index contributed by atoms with van der Waals surface area (Å²) in [6.07, 6.45) is 1.85. The van der Waals surface area contributed by atoms with Gasteiger partial charge in [0.25, 0.3) is 0 Å². The molecule has 33 heavy (non-hydrogen) atoms. The monoisotopic (exact) mass is 438 g/mol. The molecular weight excluding hydrogens is 420 g/mol. The number of amides is 1. The summed E-state index contributed by atoms with van der Waals surface area (Å²) in [7, 11) is 0. The van der Waals surface area contributed by atoms with E-state index in [0.717, 1.165) is 22.4 Å². The maximum absolute atomic E-state index is 14.3. The fourth-order valence-electron chi connectivity index (χ4n) is 5.60. The van der Waals surface area contributed by atoms with Crippen molar-refractivity contribution in [2.45, 2.75) is 18.0 Å². The molecule has 0 fully saturated rings. The first-order valence-electron chi connectivity index (χ1n) is 10.8. The molecule has 5 heterocycles. The fourth-order valence-corrected chi connectivity index (χ4v) is 5.60. The largest absolute Gasteiger partial charge is 0.454 e. The molecule has 0 aliphatic carbocycles. The van der Waals surface area contributed by atoms with Gasteiger partial charge in [-0.2, -0.15) is 5.26 Å². The van der Waals surface area contributed by atoms with E-state index in [2.05, 4.69) is 9.89 Å². The van der Waals surface area contributed by atoms with Gasteiger partial charge in [0.05, 0.1) is 25.5 Å². The first kappa shape index (κ1) is 18.3. The predicted molar refractivity (Wildman–Crippen MR) is 117 cm³/mol. The summed E-state index contributed by atoms with van der Waals surface area (Å²) in [5, 5.41) is 9.13. The normalized spacial score (nSPS) is 23.6. The molecule has 4 aliphatic rings. The molecule has 0 radical (unpaired) electrons. The Labute approximate surface area is 189 Å². The van der Waals surface area contributed by atoms with Crippen LogP contribution in [0.15, 0.2) is 57.9 Å². The lowest BCUT2D eigenvalue weighted by Gasteiger charge is -2.43. The number of para-hydroxylation sites is 1. The van der Waals surface area contributed by atoms with Gasteiger partial charge < -0.3 is 23.7 Å². The SMILES string of the molecule is N#Cc1ccc(CN2C(=O)C3(CN4C=NCC4c4cc5c(cc43)OCO5)c3ccccc32)o1. The summed E-state index contributed by atoms with van der Waals surface area (Å²) in [4.78, 5) is 22.8. The van der Waals surface area contributed by atoms with Crippen LogP contribution in [-0.2, 0) is 16.8 Å². The quantitative estimate of drug-likeness (QED) is 0.611. The number of carbonyl (C=O) groups excluding carboxylic acids is 1. The molecule has 2 atom stereocenters. The molecular formula is C25H18N4O4. The lowest BCUT2D eigenvalue weighted by molar-refractivity contribution is -0.122.